The molecule has 12 heavy (non-hydrogen) atoms. The Labute approximate surface area is 73.3 Å². The van der Waals surface area contributed by atoms with Crippen molar-refractivity contribution < 1.29 is 9.53 Å². The van der Waals surface area contributed by atoms with Crippen LogP contribution in [0.3, 0.4) is 0 Å². The minimum absolute atomic E-state index is 0.0648. The fourth-order valence-corrected chi connectivity index (χ4v) is 3.15. The van der Waals surface area contributed by atoms with Gasteiger partial charge in [0, 0.05) is 0 Å². The van der Waals surface area contributed by atoms with Gasteiger partial charge in [0.15, 0.2) is 0 Å². The van der Waals surface area contributed by atoms with Crippen LogP contribution in [0, 0.1) is 11.8 Å². The van der Waals surface area contributed by atoms with E-state index in [9.17, 15) is 4.79 Å². The van der Waals surface area contributed by atoms with Gasteiger partial charge < -0.3 is 4.74 Å². The van der Waals surface area contributed by atoms with Crippen molar-refractivity contribution in [1.29, 1.82) is 0 Å². The van der Waals surface area contributed by atoms with Gasteiger partial charge in [0.05, 0.1) is 0 Å². The first-order valence-electron chi connectivity index (χ1n) is 4.92. The van der Waals surface area contributed by atoms with Crippen molar-refractivity contribution in [2.45, 2.75) is 44.6 Å². The number of rotatable bonds is 3. The standard InChI is InChI=1S/C10H16O2/c1-2-10(12-7-11)6-8-3-4-9(10)5-8/h7-9H,2-6H2,1H3. The zero-order valence-corrected chi connectivity index (χ0v) is 7.58. The summed E-state index contributed by atoms with van der Waals surface area (Å²) in [4.78, 5) is 10.4. The summed E-state index contributed by atoms with van der Waals surface area (Å²) in [5.41, 5.74) is -0.0648. The summed E-state index contributed by atoms with van der Waals surface area (Å²) in [5, 5.41) is 0. The lowest BCUT2D eigenvalue weighted by Crippen LogP contribution is -2.37. The molecule has 0 aliphatic heterocycles. The molecular formula is C10H16O2. The summed E-state index contributed by atoms with van der Waals surface area (Å²) in [6.45, 7) is 2.77. The molecule has 0 heterocycles. The number of carbonyl (C=O) groups is 1. The molecular weight excluding hydrogens is 152 g/mol. The van der Waals surface area contributed by atoms with E-state index in [2.05, 4.69) is 6.92 Å². The Kier molecular flexibility index (Phi) is 1.85. The highest BCUT2D eigenvalue weighted by atomic mass is 16.5. The second-order valence-corrected chi connectivity index (χ2v) is 4.21. The topological polar surface area (TPSA) is 26.3 Å². The van der Waals surface area contributed by atoms with Crippen LogP contribution in [0.15, 0.2) is 0 Å². The fourth-order valence-electron chi connectivity index (χ4n) is 3.15. The lowest BCUT2D eigenvalue weighted by molar-refractivity contribution is -0.150. The Balaban J connectivity index is 2.13. The van der Waals surface area contributed by atoms with Crippen molar-refractivity contribution in [2.75, 3.05) is 0 Å². The van der Waals surface area contributed by atoms with E-state index in [0.717, 1.165) is 18.8 Å². The summed E-state index contributed by atoms with van der Waals surface area (Å²) in [7, 11) is 0. The Morgan fingerprint density at radius 1 is 1.58 bits per heavy atom. The van der Waals surface area contributed by atoms with Crippen LogP contribution >= 0.6 is 0 Å². The minimum Gasteiger partial charge on any atom is -0.461 e. The van der Waals surface area contributed by atoms with Crippen molar-refractivity contribution in [3.63, 3.8) is 0 Å². The molecule has 2 bridgehead atoms. The molecule has 3 unspecified atom stereocenters. The highest BCUT2D eigenvalue weighted by Crippen LogP contribution is 2.53. The second kappa shape index (κ2) is 2.75. The van der Waals surface area contributed by atoms with Crippen molar-refractivity contribution in [1.82, 2.24) is 0 Å². The van der Waals surface area contributed by atoms with Gasteiger partial charge >= 0.3 is 0 Å². The van der Waals surface area contributed by atoms with Crippen LogP contribution in [0.1, 0.15) is 39.0 Å². The lowest BCUT2D eigenvalue weighted by atomic mass is 9.82. The van der Waals surface area contributed by atoms with Gasteiger partial charge in [-0.3, -0.25) is 4.79 Å². The number of carbonyl (C=O) groups excluding carboxylic acids is 1. The third kappa shape index (κ3) is 0.970. The van der Waals surface area contributed by atoms with Crippen molar-refractivity contribution >= 4 is 6.47 Å². The van der Waals surface area contributed by atoms with Crippen molar-refractivity contribution in [2.24, 2.45) is 11.8 Å². The molecule has 0 radical (unpaired) electrons. The zero-order chi connectivity index (χ0) is 8.60. The van der Waals surface area contributed by atoms with Gasteiger partial charge in [-0.2, -0.15) is 0 Å². The van der Waals surface area contributed by atoms with Crippen LogP contribution in [0.5, 0.6) is 0 Å². The molecule has 2 aliphatic rings. The quantitative estimate of drug-likeness (QED) is 0.603. The number of ether oxygens (including phenoxy) is 1. The predicted octanol–water partition coefficient (Wildman–Crippen LogP) is 2.13. The normalized spacial score (nSPS) is 44.8. The monoisotopic (exact) mass is 168 g/mol. The maximum Gasteiger partial charge on any atom is 0.293 e. The van der Waals surface area contributed by atoms with Crippen LogP contribution < -0.4 is 0 Å². The lowest BCUT2D eigenvalue weighted by Gasteiger charge is -2.34. The maximum atomic E-state index is 10.4. The molecule has 3 atom stereocenters. The number of hydrogen-bond acceptors (Lipinski definition) is 2. The maximum absolute atomic E-state index is 10.4. The van der Waals surface area contributed by atoms with E-state index in [-0.39, 0.29) is 5.60 Å². The molecule has 0 amide bonds. The highest BCUT2D eigenvalue weighted by Gasteiger charge is 2.51. The molecule has 2 saturated carbocycles. The first-order valence-corrected chi connectivity index (χ1v) is 4.92. The molecule has 2 fully saturated rings. The Morgan fingerprint density at radius 3 is 2.83 bits per heavy atom. The van der Waals surface area contributed by atoms with Gasteiger partial charge in [0.1, 0.15) is 5.60 Å². The van der Waals surface area contributed by atoms with Gasteiger partial charge in [-0.05, 0) is 43.9 Å². The van der Waals surface area contributed by atoms with Crippen LogP contribution in [0.2, 0.25) is 0 Å². The zero-order valence-electron chi connectivity index (χ0n) is 7.58. The third-order valence-electron chi connectivity index (χ3n) is 3.80. The average molecular weight is 168 g/mol. The van der Waals surface area contributed by atoms with E-state index < -0.39 is 0 Å². The van der Waals surface area contributed by atoms with Crippen molar-refractivity contribution in [3.8, 4) is 0 Å². The largest absolute Gasteiger partial charge is 0.461 e. The van der Waals surface area contributed by atoms with E-state index >= 15 is 0 Å². The second-order valence-electron chi connectivity index (χ2n) is 4.21. The van der Waals surface area contributed by atoms with E-state index in [1.807, 2.05) is 0 Å². The first kappa shape index (κ1) is 8.09. The molecule has 0 aromatic rings. The van der Waals surface area contributed by atoms with Gasteiger partial charge in [0.2, 0.25) is 0 Å². The van der Waals surface area contributed by atoms with E-state index in [0.29, 0.717) is 12.4 Å². The molecule has 2 heteroatoms. The highest BCUT2D eigenvalue weighted by molar-refractivity contribution is 5.39. The average Bonchev–Trinajstić information content (AvgIpc) is 2.64. The van der Waals surface area contributed by atoms with Gasteiger partial charge in [-0.15, -0.1) is 0 Å². The SMILES string of the molecule is CCC1(OC=O)CC2CCC1C2. The van der Waals surface area contributed by atoms with E-state index in [1.54, 1.807) is 0 Å². The molecule has 0 aromatic heterocycles. The first-order chi connectivity index (χ1) is 5.80. The van der Waals surface area contributed by atoms with Gasteiger partial charge in [-0.1, -0.05) is 6.92 Å². The molecule has 0 saturated heterocycles. The molecule has 0 N–H and O–H groups in total. The molecule has 2 nitrogen and oxygen atoms in total. The third-order valence-corrected chi connectivity index (χ3v) is 3.80. The summed E-state index contributed by atoms with van der Waals surface area (Å²) in [5.74, 6) is 1.51. The fraction of sp³-hybridized carbons (Fsp3) is 0.900. The predicted molar refractivity (Wildman–Crippen MR) is 45.6 cm³/mol. The minimum atomic E-state index is -0.0648. The smallest absolute Gasteiger partial charge is 0.293 e. The van der Waals surface area contributed by atoms with Crippen LogP contribution in [-0.4, -0.2) is 12.1 Å². The van der Waals surface area contributed by atoms with Crippen molar-refractivity contribution in [3.05, 3.63) is 0 Å². The van der Waals surface area contributed by atoms with Crippen LogP contribution in [0.25, 0.3) is 0 Å². The van der Waals surface area contributed by atoms with Crippen LogP contribution in [-0.2, 0) is 9.53 Å². The Hall–Kier alpha value is -0.530. The van der Waals surface area contributed by atoms with Gasteiger partial charge in [-0.25, -0.2) is 0 Å². The summed E-state index contributed by atoms with van der Waals surface area (Å²) in [6.07, 6.45) is 6.03. The van der Waals surface area contributed by atoms with E-state index in [4.69, 9.17) is 4.74 Å². The molecule has 0 aromatic carbocycles. The Bertz CT molecular complexity index is 190. The molecule has 68 valence electrons. The van der Waals surface area contributed by atoms with Gasteiger partial charge in [0.25, 0.3) is 6.47 Å². The number of hydrogen-bond donors (Lipinski definition) is 0. The number of fused-ring (bicyclic) bond motifs is 2. The molecule has 2 aliphatic carbocycles. The summed E-state index contributed by atoms with van der Waals surface area (Å²) < 4.78 is 5.29. The summed E-state index contributed by atoms with van der Waals surface area (Å²) in [6, 6.07) is 0. The van der Waals surface area contributed by atoms with E-state index in [1.165, 1.54) is 19.3 Å². The Morgan fingerprint density at radius 2 is 2.42 bits per heavy atom. The summed E-state index contributed by atoms with van der Waals surface area (Å²) >= 11 is 0. The molecule has 0 spiro atoms. The van der Waals surface area contributed by atoms with Crippen LogP contribution in [0.4, 0.5) is 0 Å². The molecule has 2 rings (SSSR count).